The topological polar surface area (TPSA) is 78.0 Å². The zero-order valence-corrected chi connectivity index (χ0v) is 20.4. The van der Waals surface area contributed by atoms with Crippen molar-refractivity contribution in [3.63, 3.8) is 0 Å². The van der Waals surface area contributed by atoms with Gasteiger partial charge in [-0.1, -0.05) is 17.7 Å². The van der Waals surface area contributed by atoms with Crippen molar-refractivity contribution < 1.29 is 4.79 Å². The second-order valence-electron chi connectivity index (χ2n) is 9.45. The second kappa shape index (κ2) is 8.60. The van der Waals surface area contributed by atoms with E-state index in [0.29, 0.717) is 11.7 Å². The molecule has 0 aliphatic carbocycles. The minimum absolute atomic E-state index is 0.0132. The Kier molecular flexibility index (Phi) is 5.42. The number of H-pyrrole nitrogens is 1. The number of nitrogens with one attached hydrogen (secondary N) is 1. The smallest absolute Gasteiger partial charge is 0.274 e. The van der Waals surface area contributed by atoms with E-state index in [4.69, 9.17) is 4.98 Å². The molecular weight excluding hydrogens is 444 g/mol. The fourth-order valence-corrected chi connectivity index (χ4v) is 6.44. The van der Waals surface area contributed by atoms with E-state index in [2.05, 4.69) is 46.1 Å². The first kappa shape index (κ1) is 21.4. The number of rotatable bonds is 4. The van der Waals surface area contributed by atoms with Gasteiger partial charge in [0.1, 0.15) is 16.4 Å². The summed E-state index contributed by atoms with van der Waals surface area (Å²) >= 11 is 1.53. The summed E-state index contributed by atoms with van der Waals surface area (Å²) in [7, 11) is 0. The molecule has 2 aliphatic rings. The van der Waals surface area contributed by atoms with Gasteiger partial charge in [-0.15, -0.1) is 11.3 Å². The summed E-state index contributed by atoms with van der Waals surface area (Å²) in [5, 5.41) is 9.57. The number of carbonyl (C=O) groups is 1. The van der Waals surface area contributed by atoms with Gasteiger partial charge in [0.05, 0.1) is 10.4 Å². The molecule has 1 amide bonds. The largest absolute Gasteiger partial charge is 0.336 e. The number of benzene rings is 1. The number of likely N-dealkylation sites (tertiary alicyclic amines) is 2. The number of aromatic amines is 1. The number of aromatic nitrogens is 4. The monoisotopic (exact) mass is 472 g/mol. The third-order valence-corrected chi connectivity index (χ3v) is 8.19. The van der Waals surface area contributed by atoms with Gasteiger partial charge in [-0.05, 0) is 63.9 Å². The number of carbonyl (C=O) groups excluding carboxylic acids is 1. The summed E-state index contributed by atoms with van der Waals surface area (Å²) in [5.74, 6) is 0.0132. The predicted octanol–water partition coefficient (Wildman–Crippen LogP) is 4.68. The van der Waals surface area contributed by atoms with E-state index in [0.717, 1.165) is 70.2 Å². The molecule has 2 aliphatic heterocycles. The van der Waals surface area contributed by atoms with Crippen molar-refractivity contribution >= 4 is 28.1 Å². The van der Waals surface area contributed by atoms with Crippen molar-refractivity contribution in [1.82, 2.24) is 30.0 Å². The fraction of sp³-hybridized carbons (Fsp3) is 0.385. The molecule has 0 radical (unpaired) electrons. The number of fused-ring (bicyclic) bond motifs is 1. The molecule has 2 fully saturated rings. The zero-order chi connectivity index (χ0) is 23.2. The zero-order valence-electron chi connectivity index (χ0n) is 19.5. The first-order chi connectivity index (χ1) is 16.6. The molecule has 7 nitrogen and oxygen atoms in total. The maximum Gasteiger partial charge on any atom is 0.274 e. The molecule has 2 saturated heterocycles. The molecule has 6 rings (SSSR count). The van der Waals surface area contributed by atoms with E-state index in [-0.39, 0.29) is 5.91 Å². The highest BCUT2D eigenvalue weighted by atomic mass is 32.1. The average molecular weight is 473 g/mol. The lowest BCUT2D eigenvalue weighted by molar-refractivity contribution is 0.0776. The molecular formula is C26H28N6OS. The number of aryl methyl sites for hydroxylation is 2. The van der Waals surface area contributed by atoms with Crippen LogP contribution in [0.2, 0.25) is 0 Å². The lowest BCUT2D eigenvalue weighted by Gasteiger charge is -2.23. The van der Waals surface area contributed by atoms with Crippen molar-refractivity contribution in [1.29, 1.82) is 0 Å². The van der Waals surface area contributed by atoms with Crippen LogP contribution in [-0.2, 0) is 0 Å². The first-order valence-corrected chi connectivity index (χ1v) is 12.8. The Bertz CT molecular complexity index is 1350. The van der Waals surface area contributed by atoms with Crippen LogP contribution in [0.15, 0.2) is 36.7 Å². The molecule has 1 N–H and O–H groups in total. The predicted molar refractivity (Wildman–Crippen MR) is 135 cm³/mol. The standard InChI is InChI=1S/C26H28N6OS/c1-16-12-17(2)21-20(13-16)22(30-29-21)25-28-23(24(34-25)18-6-5-8-27-14-18)26(33)32-11-7-19(15-32)31-9-3-4-10-31/h5-6,8,12-14,19H,3-4,7,9-11,15H2,1-2H3,(H,29,30)/t19-/m0/s1. The van der Waals surface area contributed by atoms with Crippen LogP contribution in [0.25, 0.3) is 32.0 Å². The van der Waals surface area contributed by atoms with E-state index in [1.807, 2.05) is 23.2 Å². The molecule has 5 heterocycles. The highest BCUT2D eigenvalue weighted by Gasteiger charge is 2.34. The summed E-state index contributed by atoms with van der Waals surface area (Å²) in [6.07, 6.45) is 7.13. The van der Waals surface area contributed by atoms with Gasteiger partial charge in [0.15, 0.2) is 0 Å². The van der Waals surface area contributed by atoms with Crippen LogP contribution in [0.5, 0.6) is 0 Å². The Morgan fingerprint density at radius 2 is 2.03 bits per heavy atom. The molecule has 0 bridgehead atoms. The Labute approximate surface area is 202 Å². The van der Waals surface area contributed by atoms with Crippen molar-refractivity contribution in [2.24, 2.45) is 0 Å². The van der Waals surface area contributed by atoms with Crippen LogP contribution in [0.1, 0.15) is 40.9 Å². The molecule has 0 spiro atoms. The summed E-state index contributed by atoms with van der Waals surface area (Å²) in [4.78, 5) is 28.4. The molecule has 3 aromatic heterocycles. The number of nitrogens with zero attached hydrogens (tertiary/aromatic N) is 5. The van der Waals surface area contributed by atoms with Crippen molar-refractivity contribution in [2.45, 2.75) is 39.2 Å². The van der Waals surface area contributed by atoms with E-state index >= 15 is 0 Å². The molecule has 1 atom stereocenters. The summed E-state index contributed by atoms with van der Waals surface area (Å²) in [5.41, 5.74) is 5.55. The maximum absolute atomic E-state index is 13.8. The van der Waals surface area contributed by atoms with E-state index in [1.165, 1.54) is 29.7 Å². The molecule has 8 heteroatoms. The van der Waals surface area contributed by atoms with E-state index in [9.17, 15) is 4.79 Å². The molecule has 34 heavy (non-hydrogen) atoms. The first-order valence-electron chi connectivity index (χ1n) is 12.0. The van der Waals surface area contributed by atoms with Gasteiger partial charge in [-0.25, -0.2) is 4.98 Å². The number of hydrogen-bond acceptors (Lipinski definition) is 6. The minimum Gasteiger partial charge on any atom is -0.336 e. The van der Waals surface area contributed by atoms with Gasteiger partial charge in [0, 0.05) is 42.5 Å². The third kappa shape index (κ3) is 3.71. The number of amides is 1. The number of pyridine rings is 1. The fourth-order valence-electron chi connectivity index (χ4n) is 5.38. The molecule has 1 aromatic carbocycles. The van der Waals surface area contributed by atoms with Crippen LogP contribution in [0, 0.1) is 13.8 Å². The Morgan fingerprint density at radius 1 is 1.18 bits per heavy atom. The Morgan fingerprint density at radius 3 is 2.82 bits per heavy atom. The molecule has 174 valence electrons. The summed E-state index contributed by atoms with van der Waals surface area (Å²) in [6, 6.07) is 8.64. The van der Waals surface area contributed by atoms with Crippen LogP contribution < -0.4 is 0 Å². The normalized spacial score (nSPS) is 18.9. The lowest BCUT2D eigenvalue weighted by Crippen LogP contribution is -2.37. The van der Waals surface area contributed by atoms with Gasteiger partial charge in [0.2, 0.25) is 0 Å². The third-order valence-electron chi connectivity index (χ3n) is 7.07. The number of hydrogen-bond donors (Lipinski definition) is 1. The van der Waals surface area contributed by atoms with Gasteiger partial charge >= 0.3 is 0 Å². The highest BCUT2D eigenvalue weighted by molar-refractivity contribution is 7.18. The van der Waals surface area contributed by atoms with Crippen LogP contribution in [-0.4, -0.2) is 68.1 Å². The quantitative estimate of drug-likeness (QED) is 0.467. The van der Waals surface area contributed by atoms with Gasteiger partial charge in [-0.3, -0.25) is 19.8 Å². The van der Waals surface area contributed by atoms with Crippen LogP contribution in [0.4, 0.5) is 0 Å². The van der Waals surface area contributed by atoms with Gasteiger partial charge < -0.3 is 4.90 Å². The van der Waals surface area contributed by atoms with Crippen molar-refractivity contribution in [3.8, 4) is 21.1 Å². The summed E-state index contributed by atoms with van der Waals surface area (Å²) < 4.78 is 0. The van der Waals surface area contributed by atoms with Gasteiger partial charge in [0.25, 0.3) is 5.91 Å². The molecule has 0 saturated carbocycles. The second-order valence-corrected chi connectivity index (χ2v) is 10.5. The Hall–Kier alpha value is -3.10. The highest BCUT2D eigenvalue weighted by Crippen LogP contribution is 2.38. The van der Waals surface area contributed by atoms with Crippen LogP contribution >= 0.6 is 11.3 Å². The number of thiazole rings is 1. The van der Waals surface area contributed by atoms with Gasteiger partial charge in [-0.2, -0.15) is 5.10 Å². The summed E-state index contributed by atoms with van der Waals surface area (Å²) in [6.45, 7) is 8.03. The lowest BCUT2D eigenvalue weighted by atomic mass is 10.1. The van der Waals surface area contributed by atoms with Crippen molar-refractivity contribution in [3.05, 3.63) is 53.5 Å². The van der Waals surface area contributed by atoms with Crippen LogP contribution in [0.3, 0.4) is 0 Å². The van der Waals surface area contributed by atoms with E-state index < -0.39 is 0 Å². The Balaban J connectivity index is 1.40. The SMILES string of the molecule is Cc1cc(C)c2n[nH]c(-c3nc(C(=O)N4CC[C@H](N5CCCC5)C4)c(-c4cccnc4)s3)c2c1. The van der Waals surface area contributed by atoms with E-state index in [1.54, 1.807) is 6.20 Å². The van der Waals surface area contributed by atoms with Crippen molar-refractivity contribution in [2.75, 3.05) is 26.2 Å². The average Bonchev–Trinajstić information content (AvgIpc) is 3.64. The molecule has 4 aromatic rings. The maximum atomic E-state index is 13.8. The molecule has 0 unspecified atom stereocenters. The minimum atomic E-state index is 0.0132.